The maximum atomic E-state index is 13.0. The van der Waals surface area contributed by atoms with Crippen molar-refractivity contribution in [2.75, 3.05) is 33.0 Å². The highest BCUT2D eigenvalue weighted by atomic mass is 16.7. The lowest BCUT2D eigenvalue weighted by Crippen LogP contribution is -2.61. The van der Waals surface area contributed by atoms with Crippen LogP contribution in [-0.4, -0.2) is 142 Å². The maximum absolute atomic E-state index is 13.0. The van der Waals surface area contributed by atoms with Crippen LogP contribution in [0.1, 0.15) is 206 Å². The van der Waals surface area contributed by atoms with Crippen molar-refractivity contribution < 1.29 is 69.0 Å². The molecule has 0 aromatic carbocycles. The fraction of sp³-hybridized carbons (Fsp3) is 0.873. The number of hydrogen-bond acceptors (Lipinski definition) is 14. The van der Waals surface area contributed by atoms with Gasteiger partial charge >= 0.3 is 5.97 Å². The van der Waals surface area contributed by atoms with Gasteiger partial charge in [0, 0.05) is 13.0 Å². The number of esters is 1. The zero-order valence-corrected chi connectivity index (χ0v) is 43.1. The third-order valence-electron chi connectivity index (χ3n) is 13.2. The number of aliphatic hydroxyl groups is 7. The molecule has 0 amide bonds. The molecule has 0 spiro atoms. The molecule has 69 heavy (non-hydrogen) atoms. The van der Waals surface area contributed by atoms with Gasteiger partial charge in [0.05, 0.1) is 26.4 Å². The third-order valence-corrected chi connectivity index (χ3v) is 13.2. The quantitative estimate of drug-likeness (QED) is 0.0173. The molecule has 404 valence electrons. The van der Waals surface area contributed by atoms with Crippen LogP contribution in [0, 0.1) is 0 Å². The summed E-state index contributed by atoms with van der Waals surface area (Å²) in [5, 5.41) is 72.2. The van der Waals surface area contributed by atoms with Crippen molar-refractivity contribution in [1.82, 2.24) is 0 Å². The molecule has 7 N–H and O–H groups in total. The Morgan fingerprint density at radius 2 is 0.942 bits per heavy atom. The smallest absolute Gasteiger partial charge is 0.306 e. The minimum atomic E-state index is -1.71. The minimum absolute atomic E-state index is 0.0488. The lowest BCUT2D eigenvalue weighted by atomic mass is 9.98. The van der Waals surface area contributed by atoms with E-state index in [4.69, 9.17) is 28.4 Å². The molecule has 0 radical (unpaired) electrons. The van der Waals surface area contributed by atoms with Gasteiger partial charge < -0.3 is 64.2 Å². The van der Waals surface area contributed by atoms with Crippen molar-refractivity contribution in [2.24, 2.45) is 0 Å². The van der Waals surface area contributed by atoms with Gasteiger partial charge in [-0.15, -0.1) is 0 Å². The lowest BCUT2D eigenvalue weighted by Gasteiger charge is -2.42. The van der Waals surface area contributed by atoms with E-state index in [1.807, 2.05) is 0 Å². The number of carbonyl (C=O) groups excluding carboxylic acids is 1. The number of aliphatic hydroxyl groups excluding tert-OH is 7. The van der Waals surface area contributed by atoms with E-state index in [9.17, 15) is 40.5 Å². The molecule has 11 atom stereocenters. The molecule has 2 aliphatic rings. The summed E-state index contributed by atoms with van der Waals surface area (Å²) in [7, 11) is 0. The summed E-state index contributed by atoms with van der Waals surface area (Å²) in [5.41, 5.74) is 0. The Balaban J connectivity index is 1.72. The van der Waals surface area contributed by atoms with Crippen molar-refractivity contribution in [1.29, 1.82) is 0 Å². The molecule has 2 fully saturated rings. The molecule has 0 bridgehead atoms. The first-order valence-corrected chi connectivity index (χ1v) is 27.6. The number of ether oxygens (including phenoxy) is 6. The summed E-state index contributed by atoms with van der Waals surface area (Å²) in [5.74, 6) is -0.381. The molecule has 2 aliphatic heterocycles. The second kappa shape index (κ2) is 42.7. The normalized spacial score (nSPS) is 25.9. The maximum Gasteiger partial charge on any atom is 0.306 e. The van der Waals surface area contributed by atoms with Gasteiger partial charge in [0.25, 0.3) is 0 Å². The van der Waals surface area contributed by atoms with Crippen LogP contribution in [-0.2, 0) is 33.2 Å². The van der Waals surface area contributed by atoms with Crippen molar-refractivity contribution in [2.45, 2.75) is 274 Å². The highest BCUT2D eigenvalue weighted by Gasteiger charge is 2.47. The number of allylic oxidation sites excluding steroid dienone is 6. The molecule has 14 nitrogen and oxygen atoms in total. The Kier molecular flexibility index (Phi) is 39.2. The van der Waals surface area contributed by atoms with Crippen LogP contribution in [0.15, 0.2) is 36.5 Å². The number of unbranched alkanes of at least 4 members (excludes halogenated alkanes) is 24. The summed E-state index contributed by atoms with van der Waals surface area (Å²) in [6.07, 6.45) is 32.1. The van der Waals surface area contributed by atoms with Crippen LogP contribution in [0.2, 0.25) is 0 Å². The van der Waals surface area contributed by atoms with E-state index in [1.54, 1.807) is 0 Å². The molecular formula is C55H100O14. The summed E-state index contributed by atoms with van der Waals surface area (Å²) < 4.78 is 34.3. The van der Waals surface area contributed by atoms with Crippen molar-refractivity contribution in [3.8, 4) is 0 Å². The molecular weight excluding hydrogens is 885 g/mol. The SMILES string of the molecule is CC/C=C\C/C=C\C/C=C\CCCCCCOCC(COC1OC(COC2OC(CO)C(O)C(O)C2O)C(O)C(O)C1O)OC(=O)CCCCCCCCCCCCCCCCCCCCCCC. The first kappa shape index (κ1) is 63.3. The molecule has 0 saturated carbocycles. The number of carbonyl (C=O) groups is 1. The molecule has 0 aromatic rings. The van der Waals surface area contributed by atoms with Crippen LogP contribution >= 0.6 is 0 Å². The molecule has 2 saturated heterocycles. The van der Waals surface area contributed by atoms with Crippen LogP contribution in [0.4, 0.5) is 0 Å². The zero-order chi connectivity index (χ0) is 50.2. The van der Waals surface area contributed by atoms with E-state index >= 15 is 0 Å². The van der Waals surface area contributed by atoms with E-state index in [-0.39, 0.29) is 25.6 Å². The molecule has 14 heteroatoms. The Morgan fingerprint density at radius 3 is 1.48 bits per heavy atom. The molecule has 2 heterocycles. The van der Waals surface area contributed by atoms with Gasteiger partial charge in [-0.05, 0) is 44.9 Å². The van der Waals surface area contributed by atoms with Crippen LogP contribution in [0.5, 0.6) is 0 Å². The van der Waals surface area contributed by atoms with Crippen molar-refractivity contribution in [3.63, 3.8) is 0 Å². The van der Waals surface area contributed by atoms with Gasteiger partial charge in [0.2, 0.25) is 0 Å². The van der Waals surface area contributed by atoms with Crippen molar-refractivity contribution in [3.05, 3.63) is 36.5 Å². The van der Waals surface area contributed by atoms with Crippen LogP contribution in [0.3, 0.4) is 0 Å². The van der Waals surface area contributed by atoms with Gasteiger partial charge in [0.15, 0.2) is 12.6 Å². The monoisotopic (exact) mass is 985 g/mol. The summed E-state index contributed by atoms with van der Waals surface area (Å²) >= 11 is 0. The zero-order valence-electron chi connectivity index (χ0n) is 43.1. The summed E-state index contributed by atoms with van der Waals surface area (Å²) in [4.78, 5) is 13.0. The lowest BCUT2D eigenvalue weighted by molar-refractivity contribution is -0.332. The van der Waals surface area contributed by atoms with Gasteiger partial charge in [0.1, 0.15) is 54.9 Å². The van der Waals surface area contributed by atoms with E-state index in [0.717, 1.165) is 70.6 Å². The van der Waals surface area contributed by atoms with Crippen LogP contribution < -0.4 is 0 Å². The molecule has 0 aromatic heterocycles. The molecule has 2 rings (SSSR count). The van der Waals surface area contributed by atoms with E-state index in [0.29, 0.717) is 13.0 Å². The molecule has 11 unspecified atom stereocenters. The van der Waals surface area contributed by atoms with Gasteiger partial charge in [-0.3, -0.25) is 4.79 Å². The average Bonchev–Trinajstić information content (AvgIpc) is 3.35. The Morgan fingerprint density at radius 1 is 0.493 bits per heavy atom. The Labute approximate surface area is 417 Å². The van der Waals surface area contributed by atoms with E-state index in [2.05, 4.69) is 50.3 Å². The predicted molar refractivity (Wildman–Crippen MR) is 270 cm³/mol. The Hall–Kier alpha value is -1.79. The number of rotatable bonds is 44. The fourth-order valence-corrected chi connectivity index (χ4v) is 8.71. The second-order valence-electron chi connectivity index (χ2n) is 19.4. The standard InChI is InChI=1S/C55H100O14/c1-3-5-7-9-11-13-15-17-19-20-21-22-23-24-25-26-28-30-32-34-36-38-47(57)67-44(41-64-39-37-35-33-31-29-27-18-16-14-12-10-8-6-4-2)42-65-54-53(63)51(61)49(59)46(69-54)43-66-55-52(62)50(60)48(58)45(40-56)68-55/h6,8,12,14,18,27,44-46,48-56,58-63H,3-5,7,9-11,13,15-17,19-26,28-43H2,1-2H3/b8-6-,14-12-,27-18-. The number of hydrogen-bond donors (Lipinski definition) is 7. The van der Waals surface area contributed by atoms with Gasteiger partial charge in [-0.2, -0.15) is 0 Å². The molecule has 0 aliphatic carbocycles. The first-order chi connectivity index (χ1) is 33.6. The summed E-state index contributed by atoms with van der Waals surface area (Å²) in [6.45, 7) is 3.55. The van der Waals surface area contributed by atoms with E-state index in [1.165, 1.54) is 109 Å². The minimum Gasteiger partial charge on any atom is -0.457 e. The van der Waals surface area contributed by atoms with Crippen molar-refractivity contribution >= 4 is 5.97 Å². The highest BCUT2D eigenvalue weighted by molar-refractivity contribution is 5.69. The first-order valence-electron chi connectivity index (χ1n) is 27.6. The third kappa shape index (κ3) is 30.1. The Bertz CT molecular complexity index is 1280. The summed E-state index contributed by atoms with van der Waals surface area (Å²) in [6, 6.07) is 0. The predicted octanol–water partition coefficient (Wildman–Crippen LogP) is 8.97. The van der Waals surface area contributed by atoms with Gasteiger partial charge in [-0.1, -0.05) is 192 Å². The second-order valence-corrected chi connectivity index (χ2v) is 19.4. The topological polar surface area (TPSA) is 214 Å². The van der Waals surface area contributed by atoms with Crippen LogP contribution in [0.25, 0.3) is 0 Å². The highest BCUT2D eigenvalue weighted by Crippen LogP contribution is 2.26. The largest absolute Gasteiger partial charge is 0.457 e. The van der Waals surface area contributed by atoms with E-state index < -0.39 is 80.7 Å². The fourth-order valence-electron chi connectivity index (χ4n) is 8.71. The van der Waals surface area contributed by atoms with Gasteiger partial charge in [-0.25, -0.2) is 0 Å². The average molecular weight is 985 g/mol.